The first-order valence-corrected chi connectivity index (χ1v) is 6.59. The molecule has 5 heteroatoms. The zero-order valence-corrected chi connectivity index (χ0v) is 10.6. The molecule has 1 saturated carbocycles. The van der Waals surface area contributed by atoms with Crippen molar-refractivity contribution in [1.29, 1.82) is 0 Å². The van der Waals surface area contributed by atoms with Gasteiger partial charge in [0.2, 0.25) is 0 Å². The maximum atomic E-state index is 13.5. The number of halogens is 2. The van der Waals surface area contributed by atoms with Crippen LogP contribution in [0.15, 0.2) is 18.2 Å². The summed E-state index contributed by atoms with van der Waals surface area (Å²) in [5, 5.41) is 22.2. The molecule has 1 aromatic rings. The lowest BCUT2D eigenvalue weighted by Gasteiger charge is -2.21. The Morgan fingerprint density at radius 3 is 2.84 bits per heavy atom. The van der Waals surface area contributed by atoms with E-state index in [1.165, 1.54) is 0 Å². The zero-order valence-electron chi connectivity index (χ0n) is 10.6. The van der Waals surface area contributed by atoms with E-state index in [2.05, 4.69) is 5.32 Å². The van der Waals surface area contributed by atoms with Crippen LogP contribution in [-0.4, -0.2) is 29.4 Å². The van der Waals surface area contributed by atoms with Crippen LogP contribution in [0.5, 0.6) is 0 Å². The number of nitrogens with one attached hydrogen (secondary N) is 1. The highest BCUT2D eigenvalue weighted by Gasteiger charge is 2.27. The predicted octanol–water partition coefficient (Wildman–Crippen LogP) is 1.75. The lowest BCUT2D eigenvalue weighted by Crippen LogP contribution is -2.36. The Morgan fingerprint density at radius 1 is 1.32 bits per heavy atom. The van der Waals surface area contributed by atoms with Crippen molar-refractivity contribution in [3.8, 4) is 0 Å². The van der Waals surface area contributed by atoms with Gasteiger partial charge in [-0.1, -0.05) is 6.42 Å². The SMILES string of the molecule is OCC1CCCC1NCC(O)c1cc(F)ccc1F. The Balaban J connectivity index is 1.93. The molecule has 0 spiro atoms. The quantitative estimate of drug-likeness (QED) is 0.764. The maximum absolute atomic E-state index is 13.5. The molecule has 1 aliphatic carbocycles. The lowest BCUT2D eigenvalue weighted by atomic mass is 10.0. The van der Waals surface area contributed by atoms with Crippen molar-refractivity contribution in [2.24, 2.45) is 5.92 Å². The van der Waals surface area contributed by atoms with E-state index in [4.69, 9.17) is 0 Å². The van der Waals surface area contributed by atoms with E-state index in [0.29, 0.717) is 0 Å². The van der Waals surface area contributed by atoms with Crippen molar-refractivity contribution in [2.75, 3.05) is 13.2 Å². The highest BCUT2D eigenvalue weighted by molar-refractivity contribution is 5.21. The average molecular weight is 271 g/mol. The third-order valence-corrected chi connectivity index (χ3v) is 3.78. The third-order valence-electron chi connectivity index (χ3n) is 3.78. The fraction of sp³-hybridized carbons (Fsp3) is 0.571. The molecule has 1 fully saturated rings. The molecule has 0 radical (unpaired) electrons. The number of rotatable bonds is 5. The molecule has 19 heavy (non-hydrogen) atoms. The minimum atomic E-state index is -1.09. The first kappa shape index (κ1) is 14.4. The van der Waals surface area contributed by atoms with E-state index < -0.39 is 17.7 Å². The van der Waals surface area contributed by atoms with E-state index in [1.54, 1.807) is 0 Å². The van der Waals surface area contributed by atoms with Crippen LogP contribution in [0, 0.1) is 17.6 Å². The first-order valence-electron chi connectivity index (χ1n) is 6.59. The fourth-order valence-corrected chi connectivity index (χ4v) is 2.67. The van der Waals surface area contributed by atoms with Crippen LogP contribution in [0.1, 0.15) is 30.9 Å². The number of aliphatic hydroxyl groups excluding tert-OH is 2. The summed E-state index contributed by atoms with van der Waals surface area (Å²) in [4.78, 5) is 0. The van der Waals surface area contributed by atoms with Crippen molar-refractivity contribution in [3.63, 3.8) is 0 Å². The van der Waals surface area contributed by atoms with Gasteiger partial charge in [0.05, 0.1) is 6.10 Å². The molecule has 106 valence electrons. The molecule has 3 atom stereocenters. The molecule has 2 rings (SSSR count). The summed E-state index contributed by atoms with van der Waals surface area (Å²) in [6, 6.07) is 3.19. The second kappa shape index (κ2) is 6.41. The normalized spacial score (nSPS) is 24.6. The van der Waals surface area contributed by atoms with Gasteiger partial charge in [-0.3, -0.25) is 0 Å². The molecule has 3 unspecified atom stereocenters. The summed E-state index contributed by atoms with van der Waals surface area (Å²) in [7, 11) is 0. The molecule has 0 heterocycles. The molecular weight excluding hydrogens is 252 g/mol. The summed E-state index contributed by atoms with van der Waals surface area (Å²) in [5.74, 6) is -0.991. The largest absolute Gasteiger partial charge is 0.396 e. The van der Waals surface area contributed by atoms with Gasteiger partial charge in [-0.05, 0) is 37.0 Å². The van der Waals surface area contributed by atoms with Crippen molar-refractivity contribution in [2.45, 2.75) is 31.4 Å². The molecular formula is C14H19F2NO2. The zero-order chi connectivity index (χ0) is 13.8. The van der Waals surface area contributed by atoms with Crippen LogP contribution >= 0.6 is 0 Å². The van der Waals surface area contributed by atoms with E-state index in [0.717, 1.165) is 37.5 Å². The minimum Gasteiger partial charge on any atom is -0.396 e. The highest BCUT2D eigenvalue weighted by Crippen LogP contribution is 2.26. The third kappa shape index (κ3) is 3.49. The maximum Gasteiger partial charge on any atom is 0.129 e. The van der Waals surface area contributed by atoms with Crippen molar-refractivity contribution in [1.82, 2.24) is 5.32 Å². The molecule has 0 saturated heterocycles. The average Bonchev–Trinajstić information content (AvgIpc) is 2.86. The summed E-state index contributed by atoms with van der Waals surface area (Å²) >= 11 is 0. The Labute approximate surface area is 111 Å². The molecule has 3 nitrogen and oxygen atoms in total. The number of hydrogen-bond donors (Lipinski definition) is 3. The Hall–Kier alpha value is -1.04. The van der Waals surface area contributed by atoms with Crippen LogP contribution in [0.4, 0.5) is 8.78 Å². The fourth-order valence-electron chi connectivity index (χ4n) is 2.67. The summed E-state index contributed by atoms with van der Waals surface area (Å²) in [5.41, 5.74) is -0.0361. The van der Waals surface area contributed by atoms with Gasteiger partial charge in [0.25, 0.3) is 0 Å². The summed E-state index contributed by atoms with van der Waals surface area (Å²) in [6.07, 6.45) is 1.84. The van der Waals surface area contributed by atoms with Gasteiger partial charge in [-0.15, -0.1) is 0 Å². The van der Waals surface area contributed by atoms with Crippen LogP contribution in [0.2, 0.25) is 0 Å². The van der Waals surface area contributed by atoms with E-state index in [9.17, 15) is 19.0 Å². The Bertz CT molecular complexity index is 428. The first-order chi connectivity index (χ1) is 9.11. The number of aliphatic hydroxyl groups is 2. The Morgan fingerprint density at radius 2 is 2.11 bits per heavy atom. The minimum absolute atomic E-state index is 0.0361. The second-order valence-corrected chi connectivity index (χ2v) is 5.07. The van der Waals surface area contributed by atoms with Crippen molar-refractivity contribution >= 4 is 0 Å². The molecule has 0 aromatic heterocycles. The van der Waals surface area contributed by atoms with Crippen molar-refractivity contribution in [3.05, 3.63) is 35.4 Å². The molecule has 1 aliphatic rings. The van der Waals surface area contributed by atoms with Gasteiger partial charge >= 0.3 is 0 Å². The smallest absolute Gasteiger partial charge is 0.129 e. The van der Waals surface area contributed by atoms with E-state index >= 15 is 0 Å². The van der Waals surface area contributed by atoms with Gasteiger partial charge < -0.3 is 15.5 Å². The summed E-state index contributed by atoms with van der Waals surface area (Å²) in [6.45, 7) is 0.267. The van der Waals surface area contributed by atoms with Crippen molar-refractivity contribution < 1.29 is 19.0 Å². The topological polar surface area (TPSA) is 52.5 Å². The Kier molecular flexibility index (Phi) is 4.85. The van der Waals surface area contributed by atoms with Gasteiger partial charge in [-0.2, -0.15) is 0 Å². The van der Waals surface area contributed by atoms with Gasteiger partial charge in [-0.25, -0.2) is 8.78 Å². The second-order valence-electron chi connectivity index (χ2n) is 5.07. The number of benzene rings is 1. The molecule has 1 aromatic carbocycles. The van der Waals surface area contributed by atoms with Gasteiger partial charge in [0.15, 0.2) is 0 Å². The summed E-state index contributed by atoms with van der Waals surface area (Å²) < 4.78 is 26.5. The molecule has 0 bridgehead atoms. The standard InChI is InChI=1S/C14H19F2NO2/c15-10-4-5-12(16)11(6-10)14(19)7-17-13-3-1-2-9(13)8-18/h4-6,9,13-14,17-19H,1-3,7-8H2. The lowest BCUT2D eigenvalue weighted by molar-refractivity contribution is 0.151. The number of hydrogen-bond acceptors (Lipinski definition) is 3. The monoisotopic (exact) mass is 271 g/mol. The molecule has 3 N–H and O–H groups in total. The van der Waals surface area contributed by atoms with Crippen LogP contribution in [-0.2, 0) is 0 Å². The van der Waals surface area contributed by atoms with E-state index in [-0.39, 0.29) is 30.7 Å². The van der Waals surface area contributed by atoms with Gasteiger partial charge in [0, 0.05) is 24.8 Å². The van der Waals surface area contributed by atoms with E-state index in [1.807, 2.05) is 0 Å². The van der Waals surface area contributed by atoms with Crippen LogP contribution < -0.4 is 5.32 Å². The molecule has 0 amide bonds. The molecule has 0 aliphatic heterocycles. The highest BCUT2D eigenvalue weighted by atomic mass is 19.1. The van der Waals surface area contributed by atoms with Crippen LogP contribution in [0.3, 0.4) is 0 Å². The predicted molar refractivity (Wildman–Crippen MR) is 67.5 cm³/mol. The van der Waals surface area contributed by atoms with Crippen LogP contribution in [0.25, 0.3) is 0 Å². The van der Waals surface area contributed by atoms with Gasteiger partial charge in [0.1, 0.15) is 11.6 Å².